The number of nitrogens with zero attached hydrogens (tertiary/aromatic N) is 2. The van der Waals surface area contributed by atoms with Crippen LogP contribution < -0.4 is 5.73 Å². The maximum Gasteiger partial charge on any atom is 0.328 e. The zero-order valence-corrected chi connectivity index (χ0v) is 13.2. The van der Waals surface area contributed by atoms with Gasteiger partial charge in [0.2, 0.25) is 5.91 Å². The molecule has 7 nitrogen and oxygen atoms in total. The first-order chi connectivity index (χ1) is 9.65. The van der Waals surface area contributed by atoms with E-state index in [1.54, 1.807) is 20.8 Å². The second kappa shape index (κ2) is 6.89. The van der Waals surface area contributed by atoms with E-state index in [1.807, 2.05) is 6.92 Å². The maximum absolute atomic E-state index is 12.3. The highest BCUT2D eigenvalue weighted by atomic mass is 16.6. The molecule has 7 heteroatoms. The zero-order chi connectivity index (χ0) is 16.2. The Morgan fingerprint density at radius 3 is 2.48 bits per heavy atom. The SMILES string of the molecule is CCCN1C(=O)CCC(N)C(=O)N1CC(=O)OC(C)(C)C. The smallest absolute Gasteiger partial charge is 0.328 e. The Kier molecular flexibility index (Phi) is 5.71. The molecule has 1 saturated heterocycles. The molecule has 1 aliphatic heterocycles. The fraction of sp³-hybridized carbons (Fsp3) is 0.786. The van der Waals surface area contributed by atoms with Gasteiger partial charge < -0.3 is 10.5 Å². The predicted octanol–water partition coefficient (Wildman–Crippen LogP) is 0.431. The summed E-state index contributed by atoms with van der Waals surface area (Å²) in [6.07, 6.45) is 1.18. The third-order valence-corrected chi connectivity index (χ3v) is 2.95. The molecule has 0 aromatic carbocycles. The topological polar surface area (TPSA) is 92.9 Å². The lowest BCUT2D eigenvalue weighted by atomic mass is 10.1. The normalized spacial score (nSPS) is 20.5. The van der Waals surface area contributed by atoms with Gasteiger partial charge in [-0.2, -0.15) is 0 Å². The van der Waals surface area contributed by atoms with Crippen LogP contribution in [0.15, 0.2) is 0 Å². The molecular weight excluding hydrogens is 274 g/mol. The van der Waals surface area contributed by atoms with E-state index in [9.17, 15) is 14.4 Å². The van der Waals surface area contributed by atoms with Crippen LogP contribution in [0.25, 0.3) is 0 Å². The number of carbonyl (C=O) groups excluding carboxylic acids is 3. The highest BCUT2D eigenvalue weighted by molar-refractivity contribution is 5.90. The van der Waals surface area contributed by atoms with Gasteiger partial charge in [-0.25, -0.2) is 5.01 Å². The molecule has 1 aliphatic rings. The Hall–Kier alpha value is -1.63. The van der Waals surface area contributed by atoms with Gasteiger partial charge in [0, 0.05) is 13.0 Å². The highest BCUT2D eigenvalue weighted by Crippen LogP contribution is 2.15. The lowest BCUT2D eigenvalue weighted by Crippen LogP contribution is -2.54. The van der Waals surface area contributed by atoms with Crippen LogP contribution in [0, 0.1) is 0 Å². The third-order valence-electron chi connectivity index (χ3n) is 2.95. The average molecular weight is 299 g/mol. The summed E-state index contributed by atoms with van der Waals surface area (Å²) in [5.41, 5.74) is 5.12. The van der Waals surface area contributed by atoms with Gasteiger partial charge in [-0.15, -0.1) is 0 Å². The second-order valence-electron chi connectivity index (χ2n) is 6.14. The molecule has 0 aromatic rings. The summed E-state index contributed by atoms with van der Waals surface area (Å²) < 4.78 is 5.21. The van der Waals surface area contributed by atoms with E-state index in [0.29, 0.717) is 19.4 Å². The number of carbonyl (C=O) groups is 3. The summed E-state index contributed by atoms with van der Waals surface area (Å²) >= 11 is 0. The molecule has 0 spiro atoms. The summed E-state index contributed by atoms with van der Waals surface area (Å²) in [6, 6.07) is -0.766. The van der Waals surface area contributed by atoms with E-state index in [2.05, 4.69) is 0 Å². The number of hydrogen-bond acceptors (Lipinski definition) is 5. The first-order valence-corrected chi connectivity index (χ1v) is 7.24. The molecule has 0 saturated carbocycles. The number of ether oxygens (including phenoxy) is 1. The number of hydrogen-bond donors (Lipinski definition) is 1. The average Bonchev–Trinajstić information content (AvgIpc) is 2.44. The number of rotatable bonds is 4. The lowest BCUT2D eigenvalue weighted by Gasteiger charge is -2.33. The summed E-state index contributed by atoms with van der Waals surface area (Å²) in [5.74, 6) is -1.17. The monoisotopic (exact) mass is 299 g/mol. The molecule has 120 valence electrons. The van der Waals surface area contributed by atoms with E-state index >= 15 is 0 Å². The van der Waals surface area contributed by atoms with Crippen molar-refractivity contribution in [3.05, 3.63) is 0 Å². The van der Waals surface area contributed by atoms with Crippen LogP contribution in [-0.2, 0) is 19.1 Å². The fourth-order valence-electron chi connectivity index (χ4n) is 2.09. The van der Waals surface area contributed by atoms with E-state index in [1.165, 1.54) is 5.01 Å². The number of hydrazine groups is 1. The molecule has 1 heterocycles. The van der Waals surface area contributed by atoms with Crippen molar-refractivity contribution in [3.8, 4) is 0 Å². The van der Waals surface area contributed by atoms with Gasteiger partial charge in [-0.05, 0) is 33.6 Å². The second-order valence-corrected chi connectivity index (χ2v) is 6.14. The van der Waals surface area contributed by atoms with Gasteiger partial charge in [0.1, 0.15) is 12.1 Å². The first kappa shape index (κ1) is 17.4. The summed E-state index contributed by atoms with van der Waals surface area (Å²) in [4.78, 5) is 36.3. The molecule has 2 N–H and O–H groups in total. The van der Waals surface area contributed by atoms with Crippen LogP contribution in [0.5, 0.6) is 0 Å². The summed E-state index contributed by atoms with van der Waals surface area (Å²) in [7, 11) is 0. The number of nitrogens with two attached hydrogens (primary N) is 1. The maximum atomic E-state index is 12.3. The van der Waals surface area contributed by atoms with Crippen molar-refractivity contribution < 1.29 is 19.1 Å². The van der Waals surface area contributed by atoms with Crippen LogP contribution in [-0.4, -0.2) is 52.5 Å². The fourth-order valence-corrected chi connectivity index (χ4v) is 2.09. The molecule has 1 unspecified atom stereocenters. The Morgan fingerprint density at radius 1 is 1.33 bits per heavy atom. The van der Waals surface area contributed by atoms with Gasteiger partial charge >= 0.3 is 5.97 Å². The van der Waals surface area contributed by atoms with Gasteiger partial charge in [-0.3, -0.25) is 19.4 Å². The van der Waals surface area contributed by atoms with Crippen LogP contribution in [0.2, 0.25) is 0 Å². The van der Waals surface area contributed by atoms with Gasteiger partial charge in [0.05, 0.1) is 6.04 Å². The molecule has 1 rings (SSSR count). The van der Waals surface area contributed by atoms with Crippen LogP contribution in [0.4, 0.5) is 0 Å². The van der Waals surface area contributed by atoms with Crippen LogP contribution in [0.1, 0.15) is 47.0 Å². The van der Waals surface area contributed by atoms with E-state index < -0.39 is 23.5 Å². The van der Waals surface area contributed by atoms with Gasteiger partial charge in [0.25, 0.3) is 5.91 Å². The largest absolute Gasteiger partial charge is 0.459 e. The number of esters is 1. The molecule has 21 heavy (non-hydrogen) atoms. The molecule has 1 atom stereocenters. The molecule has 0 aromatic heterocycles. The van der Waals surface area contributed by atoms with E-state index in [-0.39, 0.29) is 18.9 Å². The van der Waals surface area contributed by atoms with Crippen molar-refractivity contribution in [1.29, 1.82) is 0 Å². The quantitative estimate of drug-likeness (QED) is 0.760. The van der Waals surface area contributed by atoms with Crippen LogP contribution >= 0.6 is 0 Å². The zero-order valence-electron chi connectivity index (χ0n) is 13.2. The van der Waals surface area contributed by atoms with Crippen molar-refractivity contribution >= 4 is 17.8 Å². The van der Waals surface area contributed by atoms with Gasteiger partial charge in [-0.1, -0.05) is 6.92 Å². The van der Waals surface area contributed by atoms with Crippen molar-refractivity contribution in [2.45, 2.75) is 58.6 Å². The number of amides is 2. The third kappa shape index (κ3) is 5.00. The van der Waals surface area contributed by atoms with Gasteiger partial charge in [0.15, 0.2) is 0 Å². The minimum Gasteiger partial charge on any atom is -0.459 e. The minimum atomic E-state index is -0.766. The Balaban J connectivity index is 2.91. The van der Waals surface area contributed by atoms with Crippen molar-refractivity contribution in [1.82, 2.24) is 10.0 Å². The lowest BCUT2D eigenvalue weighted by molar-refractivity contribution is -0.173. The molecule has 2 amide bonds. The Bertz CT molecular complexity index is 417. The van der Waals surface area contributed by atoms with Crippen LogP contribution in [0.3, 0.4) is 0 Å². The Morgan fingerprint density at radius 2 is 1.95 bits per heavy atom. The standard InChI is InChI=1S/C14H25N3O4/c1-5-8-16-11(18)7-6-10(15)13(20)17(16)9-12(19)21-14(2,3)4/h10H,5-9,15H2,1-4H3. The van der Waals surface area contributed by atoms with Crippen molar-refractivity contribution in [2.24, 2.45) is 5.73 Å². The molecule has 1 fully saturated rings. The molecule has 0 aliphatic carbocycles. The Labute approximate surface area is 125 Å². The minimum absolute atomic E-state index is 0.193. The van der Waals surface area contributed by atoms with Crippen molar-refractivity contribution in [3.63, 3.8) is 0 Å². The summed E-state index contributed by atoms with van der Waals surface area (Å²) in [5, 5.41) is 2.46. The molecule has 0 bridgehead atoms. The predicted molar refractivity (Wildman–Crippen MR) is 76.8 cm³/mol. The van der Waals surface area contributed by atoms with Crippen molar-refractivity contribution in [2.75, 3.05) is 13.1 Å². The van der Waals surface area contributed by atoms with E-state index in [0.717, 1.165) is 5.01 Å². The molecular formula is C14H25N3O4. The summed E-state index contributed by atoms with van der Waals surface area (Å²) in [6.45, 7) is 7.21. The van der Waals surface area contributed by atoms with E-state index in [4.69, 9.17) is 10.5 Å². The highest BCUT2D eigenvalue weighted by Gasteiger charge is 2.35. The molecule has 0 radical (unpaired) electrons. The first-order valence-electron chi connectivity index (χ1n) is 7.24.